The molecule has 0 fully saturated rings. The molecule has 0 bridgehead atoms. The van der Waals surface area contributed by atoms with Crippen LogP contribution in [0.15, 0.2) is 72.8 Å². The second-order valence-electron chi connectivity index (χ2n) is 8.84. The highest BCUT2D eigenvalue weighted by molar-refractivity contribution is 6.67. The van der Waals surface area contributed by atoms with Crippen LogP contribution in [0.4, 0.5) is 0 Å². The maximum absolute atomic E-state index is 12.0. The van der Waals surface area contributed by atoms with Crippen LogP contribution in [0.2, 0.25) is 0 Å². The van der Waals surface area contributed by atoms with E-state index in [2.05, 4.69) is 19.1 Å². The summed E-state index contributed by atoms with van der Waals surface area (Å²) in [7, 11) is 0. The minimum atomic E-state index is -1.64. The van der Waals surface area contributed by atoms with Gasteiger partial charge in [0.15, 0.2) is 0 Å². The second-order valence-corrected chi connectivity index (χ2v) is 11.4. The number of benzene rings is 3. The summed E-state index contributed by atoms with van der Waals surface area (Å²) in [6.45, 7) is 3.06. The van der Waals surface area contributed by atoms with E-state index in [1.165, 1.54) is 32.1 Å². The molecule has 0 aliphatic rings. The first-order valence-electron chi connectivity index (χ1n) is 12.6. The number of carbonyl (C=O) groups excluding carboxylic acids is 1. The van der Waals surface area contributed by atoms with Gasteiger partial charge in [0.2, 0.25) is 3.79 Å². The van der Waals surface area contributed by atoms with Crippen molar-refractivity contribution in [2.24, 2.45) is 0 Å². The highest BCUT2D eigenvalue weighted by Gasteiger charge is 2.22. The lowest BCUT2D eigenvalue weighted by Crippen LogP contribution is -2.17. The van der Waals surface area contributed by atoms with Gasteiger partial charge in [-0.2, -0.15) is 0 Å². The Morgan fingerprint density at radius 2 is 1.24 bits per heavy atom. The number of unbranched alkanes of at least 4 members (excludes halogenated alkanes) is 5. The van der Waals surface area contributed by atoms with Gasteiger partial charge in [0.05, 0.1) is 12.2 Å². The van der Waals surface area contributed by atoms with E-state index in [0.29, 0.717) is 12.2 Å². The molecule has 37 heavy (non-hydrogen) atoms. The Bertz CT molecular complexity index is 1080. The van der Waals surface area contributed by atoms with Crippen molar-refractivity contribution in [1.29, 1.82) is 0 Å². The Morgan fingerprint density at radius 1 is 0.703 bits per heavy atom. The zero-order valence-electron chi connectivity index (χ0n) is 21.1. The standard InChI is InChI=1S/C30H33Cl3O4/c1-2-3-4-5-6-7-20-35-27-16-12-24(13-17-27)25-14-18-28(19-15-25)36-21-23-8-10-26(11-9-23)29(34)37-22-30(31,32)33/h8-19H,2-7,20-22H2,1H3. The SMILES string of the molecule is CCCCCCCCOc1ccc(-c2ccc(OCc3ccc(C(=O)OCC(Cl)(Cl)Cl)cc3)cc2)cc1. The van der Waals surface area contributed by atoms with E-state index in [0.717, 1.165) is 41.2 Å². The fraction of sp³-hybridized carbons (Fsp3) is 0.367. The fourth-order valence-corrected chi connectivity index (χ4v) is 3.86. The van der Waals surface area contributed by atoms with Crippen molar-refractivity contribution in [2.75, 3.05) is 13.2 Å². The van der Waals surface area contributed by atoms with Crippen LogP contribution in [0, 0.1) is 0 Å². The molecule has 0 radical (unpaired) electrons. The molecule has 0 aliphatic heterocycles. The molecular formula is C30H33Cl3O4. The number of carbonyl (C=O) groups is 1. The van der Waals surface area contributed by atoms with Gasteiger partial charge in [-0.05, 0) is 59.5 Å². The summed E-state index contributed by atoms with van der Waals surface area (Å²) in [4.78, 5) is 12.0. The average Bonchev–Trinajstić information content (AvgIpc) is 2.90. The fourth-order valence-electron chi connectivity index (χ4n) is 3.69. The Balaban J connectivity index is 1.42. The minimum Gasteiger partial charge on any atom is -0.494 e. The summed E-state index contributed by atoms with van der Waals surface area (Å²) in [5, 5.41) is 0. The van der Waals surface area contributed by atoms with Crippen LogP contribution in [-0.4, -0.2) is 23.0 Å². The van der Waals surface area contributed by atoms with Crippen molar-refractivity contribution in [3.05, 3.63) is 83.9 Å². The third kappa shape index (κ3) is 10.9. The monoisotopic (exact) mass is 562 g/mol. The number of alkyl halides is 3. The predicted molar refractivity (Wildman–Crippen MR) is 152 cm³/mol. The first-order valence-corrected chi connectivity index (χ1v) is 13.8. The molecule has 7 heteroatoms. The molecule has 0 spiro atoms. The molecule has 0 amide bonds. The smallest absolute Gasteiger partial charge is 0.338 e. The Morgan fingerprint density at radius 3 is 1.81 bits per heavy atom. The van der Waals surface area contributed by atoms with Crippen LogP contribution in [0.3, 0.4) is 0 Å². The minimum absolute atomic E-state index is 0.311. The number of hydrogen-bond donors (Lipinski definition) is 0. The van der Waals surface area contributed by atoms with E-state index >= 15 is 0 Å². The van der Waals surface area contributed by atoms with Crippen molar-refractivity contribution in [3.8, 4) is 22.6 Å². The zero-order valence-corrected chi connectivity index (χ0v) is 23.3. The molecule has 0 unspecified atom stereocenters. The van der Waals surface area contributed by atoms with Gasteiger partial charge < -0.3 is 14.2 Å². The second kappa shape index (κ2) is 15.1. The van der Waals surface area contributed by atoms with Gasteiger partial charge in [0.1, 0.15) is 24.7 Å². The largest absolute Gasteiger partial charge is 0.494 e. The molecule has 0 heterocycles. The van der Waals surface area contributed by atoms with E-state index < -0.39 is 9.76 Å². The molecule has 4 nitrogen and oxygen atoms in total. The number of esters is 1. The molecule has 3 aromatic rings. The van der Waals surface area contributed by atoms with Gasteiger partial charge in [-0.1, -0.05) is 110 Å². The van der Waals surface area contributed by atoms with Crippen LogP contribution >= 0.6 is 34.8 Å². The predicted octanol–water partition coefficient (Wildman–Crippen LogP) is 9.20. The van der Waals surface area contributed by atoms with Crippen molar-refractivity contribution in [1.82, 2.24) is 0 Å². The van der Waals surface area contributed by atoms with Gasteiger partial charge in [0.25, 0.3) is 0 Å². The summed E-state index contributed by atoms with van der Waals surface area (Å²) in [5.74, 6) is 1.11. The van der Waals surface area contributed by atoms with Gasteiger partial charge in [-0.25, -0.2) is 4.79 Å². The van der Waals surface area contributed by atoms with E-state index in [1.54, 1.807) is 24.3 Å². The molecule has 0 saturated heterocycles. The summed E-state index contributed by atoms with van der Waals surface area (Å²) >= 11 is 16.8. The van der Waals surface area contributed by atoms with Crippen molar-refractivity contribution < 1.29 is 19.0 Å². The van der Waals surface area contributed by atoms with Gasteiger partial charge in [0, 0.05) is 0 Å². The molecule has 3 rings (SSSR count). The first kappa shape index (κ1) is 29.2. The normalized spacial score (nSPS) is 11.2. The molecule has 0 N–H and O–H groups in total. The number of ether oxygens (including phenoxy) is 3. The maximum atomic E-state index is 12.0. The Kier molecular flexibility index (Phi) is 11.9. The van der Waals surface area contributed by atoms with Gasteiger partial charge in [-0.15, -0.1) is 0 Å². The molecule has 3 aromatic carbocycles. The third-order valence-electron chi connectivity index (χ3n) is 5.77. The molecular weight excluding hydrogens is 531 g/mol. The van der Waals surface area contributed by atoms with E-state index in [4.69, 9.17) is 49.0 Å². The summed E-state index contributed by atoms with van der Waals surface area (Å²) in [5.41, 5.74) is 3.52. The number of hydrogen-bond acceptors (Lipinski definition) is 4. The molecule has 0 saturated carbocycles. The van der Waals surface area contributed by atoms with E-state index in [-0.39, 0.29) is 6.61 Å². The first-order chi connectivity index (χ1) is 17.8. The molecule has 0 aromatic heterocycles. The number of halogens is 3. The topological polar surface area (TPSA) is 44.8 Å². The van der Waals surface area contributed by atoms with Crippen LogP contribution in [0.25, 0.3) is 11.1 Å². The Hall–Kier alpha value is -2.40. The van der Waals surface area contributed by atoms with Crippen LogP contribution in [-0.2, 0) is 11.3 Å². The highest BCUT2D eigenvalue weighted by atomic mass is 35.6. The summed E-state index contributed by atoms with van der Waals surface area (Å²) in [6, 6.07) is 23.1. The van der Waals surface area contributed by atoms with Crippen molar-refractivity contribution >= 4 is 40.8 Å². The highest BCUT2D eigenvalue weighted by Crippen LogP contribution is 2.27. The van der Waals surface area contributed by atoms with Crippen LogP contribution < -0.4 is 9.47 Å². The van der Waals surface area contributed by atoms with Gasteiger partial charge >= 0.3 is 5.97 Å². The van der Waals surface area contributed by atoms with E-state index in [9.17, 15) is 4.79 Å². The van der Waals surface area contributed by atoms with Crippen molar-refractivity contribution in [3.63, 3.8) is 0 Å². The quantitative estimate of drug-likeness (QED) is 0.111. The van der Waals surface area contributed by atoms with Crippen LogP contribution in [0.5, 0.6) is 11.5 Å². The average molecular weight is 564 g/mol. The lowest BCUT2D eigenvalue weighted by Gasteiger charge is -2.11. The van der Waals surface area contributed by atoms with Crippen LogP contribution in [0.1, 0.15) is 61.4 Å². The maximum Gasteiger partial charge on any atom is 0.338 e. The third-order valence-corrected chi connectivity index (χ3v) is 6.10. The van der Waals surface area contributed by atoms with Crippen molar-refractivity contribution in [2.45, 2.75) is 55.8 Å². The lowest BCUT2D eigenvalue weighted by atomic mass is 10.1. The van der Waals surface area contributed by atoms with E-state index in [1.807, 2.05) is 36.4 Å². The summed E-state index contributed by atoms with van der Waals surface area (Å²) < 4.78 is 15.1. The lowest BCUT2D eigenvalue weighted by molar-refractivity contribution is 0.0512. The number of rotatable bonds is 14. The summed E-state index contributed by atoms with van der Waals surface area (Å²) in [6.07, 6.45) is 7.54. The Labute approximate surface area is 234 Å². The molecule has 0 aliphatic carbocycles. The molecule has 198 valence electrons. The molecule has 0 atom stereocenters. The zero-order chi connectivity index (χ0) is 26.5. The van der Waals surface area contributed by atoms with Gasteiger partial charge in [-0.3, -0.25) is 0 Å².